The van der Waals surface area contributed by atoms with Gasteiger partial charge in [0, 0.05) is 6.07 Å². The second-order valence-corrected chi connectivity index (χ2v) is 2.72. The van der Waals surface area contributed by atoms with Crippen molar-refractivity contribution < 1.29 is 4.52 Å². The highest BCUT2D eigenvalue weighted by Crippen LogP contribution is 2.15. The Morgan fingerprint density at radius 2 is 2.70 bits per heavy atom. The minimum absolute atomic E-state index is 0.423. The molecule has 0 radical (unpaired) electrons. The summed E-state index contributed by atoms with van der Waals surface area (Å²) >= 11 is 1.38. The van der Waals surface area contributed by atoms with E-state index in [0.717, 1.165) is 10.8 Å². The van der Waals surface area contributed by atoms with Crippen molar-refractivity contribution in [3.8, 4) is 6.07 Å². The van der Waals surface area contributed by atoms with E-state index in [0.29, 0.717) is 5.75 Å². The zero-order valence-corrected chi connectivity index (χ0v) is 6.31. The molecule has 0 fully saturated rings. The Balaban J connectivity index is 2.52. The van der Waals surface area contributed by atoms with Crippen LogP contribution in [0.25, 0.3) is 0 Å². The van der Waals surface area contributed by atoms with E-state index in [1.54, 1.807) is 0 Å². The lowest BCUT2D eigenvalue weighted by molar-refractivity contribution is 0.383. The number of nitrogens with zero attached hydrogens (tertiary/aromatic N) is 2. The van der Waals surface area contributed by atoms with Crippen LogP contribution in [0.15, 0.2) is 15.6 Å². The van der Waals surface area contributed by atoms with E-state index in [1.807, 2.05) is 19.1 Å². The molecular formula is C6H6N2OS. The maximum absolute atomic E-state index is 8.21. The lowest BCUT2D eigenvalue weighted by Crippen LogP contribution is -1.70. The Kier molecular flexibility index (Phi) is 2.35. The molecule has 0 amide bonds. The summed E-state index contributed by atoms with van der Waals surface area (Å²) in [7, 11) is 0. The predicted molar refractivity (Wildman–Crippen MR) is 37.6 cm³/mol. The van der Waals surface area contributed by atoms with Crippen LogP contribution in [0.2, 0.25) is 0 Å². The fraction of sp³-hybridized carbons (Fsp3) is 0.333. The molecule has 1 rings (SSSR count). The quantitative estimate of drug-likeness (QED) is 0.607. The van der Waals surface area contributed by atoms with Crippen molar-refractivity contribution in [3.05, 3.63) is 11.8 Å². The zero-order chi connectivity index (χ0) is 7.40. The molecule has 0 aliphatic heterocycles. The summed E-state index contributed by atoms with van der Waals surface area (Å²) in [5.41, 5.74) is 0. The summed E-state index contributed by atoms with van der Waals surface area (Å²) in [6.45, 7) is 1.82. The first kappa shape index (κ1) is 7.16. The number of aromatic nitrogens is 1. The molecule has 0 spiro atoms. The van der Waals surface area contributed by atoms with Gasteiger partial charge in [-0.15, -0.1) is 0 Å². The molecule has 3 nitrogen and oxygen atoms in total. The molecule has 4 heteroatoms. The summed E-state index contributed by atoms with van der Waals surface area (Å²) in [5.74, 6) is 1.20. The summed E-state index contributed by atoms with van der Waals surface area (Å²) in [6.07, 6.45) is 0. The highest BCUT2D eigenvalue weighted by Gasteiger charge is 1.98. The number of hydrogen-bond acceptors (Lipinski definition) is 4. The molecule has 0 saturated carbocycles. The van der Waals surface area contributed by atoms with Crippen LogP contribution in [0.1, 0.15) is 5.76 Å². The third-order valence-corrected chi connectivity index (χ3v) is 1.65. The number of nitriles is 1. The number of thioether (sulfide) groups is 1. The number of rotatable bonds is 2. The highest BCUT2D eigenvalue weighted by molar-refractivity contribution is 7.99. The minimum Gasteiger partial charge on any atom is -0.361 e. The topological polar surface area (TPSA) is 49.8 Å². The van der Waals surface area contributed by atoms with E-state index in [1.165, 1.54) is 11.8 Å². The standard InChI is InChI=1S/C6H6N2OS/c1-5-4-6(8-9-5)10-3-2-7/h4H,3H2,1H3. The maximum Gasteiger partial charge on any atom is 0.141 e. The summed E-state index contributed by atoms with van der Waals surface area (Å²) in [5, 5.41) is 12.7. The summed E-state index contributed by atoms with van der Waals surface area (Å²) < 4.78 is 4.78. The van der Waals surface area contributed by atoms with Gasteiger partial charge in [-0.2, -0.15) is 5.26 Å². The molecule has 10 heavy (non-hydrogen) atoms. The predicted octanol–water partition coefficient (Wildman–Crippen LogP) is 1.60. The fourth-order valence-electron chi connectivity index (χ4n) is 0.518. The lowest BCUT2D eigenvalue weighted by Gasteiger charge is -1.81. The van der Waals surface area contributed by atoms with Crippen LogP contribution >= 0.6 is 11.8 Å². The number of aryl methyl sites for hydroxylation is 1. The van der Waals surface area contributed by atoms with Crippen molar-refractivity contribution >= 4 is 11.8 Å². The molecular weight excluding hydrogens is 148 g/mol. The van der Waals surface area contributed by atoms with Crippen molar-refractivity contribution in [1.29, 1.82) is 5.26 Å². The Labute approximate surface area is 63.0 Å². The minimum atomic E-state index is 0.423. The number of hydrogen-bond donors (Lipinski definition) is 0. The third kappa shape index (κ3) is 1.78. The average molecular weight is 154 g/mol. The Bertz CT molecular complexity index is 250. The maximum atomic E-state index is 8.21. The molecule has 0 N–H and O–H groups in total. The SMILES string of the molecule is Cc1cc(SCC#N)no1. The van der Waals surface area contributed by atoms with Crippen molar-refractivity contribution in [2.24, 2.45) is 0 Å². The van der Waals surface area contributed by atoms with Crippen molar-refractivity contribution in [1.82, 2.24) is 5.16 Å². The van der Waals surface area contributed by atoms with E-state index >= 15 is 0 Å². The van der Waals surface area contributed by atoms with Gasteiger partial charge in [0.25, 0.3) is 0 Å². The molecule has 0 unspecified atom stereocenters. The van der Waals surface area contributed by atoms with Crippen LogP contribution in [-0.2, 0) is 0 Å². The normalized spacial score (nSPS) is 9.20. The summed E-state index contributed by atoms with van der Waals surface area (Å²) in [4.78, 5) is 0. The molecule has 1 aromatic heterocycles. The van der Waals surface area contributed by atoms with Gasteiger partial charge in [0.1, 0.15) is 10.8 Å². The molecule has 0 aliphatic rings. The molecule has 0 aliphatic carbocycles. The van der Waals surface area contributed by atoms with Crippen LogP contribution in [0.5, 0.6) is 0 Å². The van der Waals surface area contributed by atoms with Crippen LogP contribution in [0, 0.1) is 18.3 Å². The van der Waals surface area contributed by atoms with Gasteiger partial charge in [0.2, 0.25) is 0 Å². The van der Waals surface area contributed by atoms with Crippen LogP contribution in [0.3, 0.4) is 0 Å². The second-order valence-electron chi connectivity index (χ2n) is 1.72. The van der Waals surface area contributed by atoms with Gasteiger partial charge in [0.15, 0.2) is 0 Å². The Morgan fingerprint density at radius 1 is 1.90 bits per heavy atom. The van der Waals surface area contributed by atoms with E-state index in [9.17, 15) is 0 Å². The molecule has 0 aromatic carbocycles. The molecule has 52 valence electrons. The van der Waals surface area contributed by atoms with Crippen molar-refractivity contribution in [2.45, 2.75) is 11.9 Å². The Morgan fingerprint density at radius 3 is 3.20 bits per heavy atom. The molecule has 0 saturated heterocycles. The van der Waals surface area contributed by atoms with Crippen LogP contribution in [0.4, 0.5) is 0 Å². The molecule has 1 aromatic rings. The summed E-state index contributed by atoms with van der Waals surface area (Å²) in [6, 6.07) is 3.81. The van der Waals surface area contributed by atoms with Crippen LogP contribution in [-0.4, -0.2) is 10.9 Å². The smallest absolute Gasteiger partial charge is 0.141 e. The largest absolute Gasteiger partial charge is 0.361 e. The lowest BCUT2D eigenvalue weighted by atomic mass is 10.5. The fourth-order valence-corrected chi connectivity index (χ4v) is 1.07. The average Bonchev–Trinajstić information content (AvgIpc) is 2.31. The molecule has 0 atom stereocenters. The highest BCUT2D eigenvalue weighted by atomic mass is 32.2. The third-order valence-electron chi connectivity index (χ3n) is 0.891. The second kappa shape index (κ2) is 3.28. The van der Waals surface area contributed by atoms with Gasteiger partial charge in [-0.05, 0) is 6.92 Å². The Hall–Kier alpha value is -0.950. The van der Waals surface area contributed by atoms with Crippen molar-refractivity contribution in [3.63, 3.8) is 0 Å². The molecule has 0 bridgehead atoms. The monoisotopic (exact) mass is 154 g/mol. The van der Waals surface area contributed by atoms with Crippen LogP contribution < -0.4 is 0 Å². The van der Waals surface area contributed by atoms with E-state index in [-0.39, 0.29) is 0 Å². The van der Waals surface area contributed by atoms with Crippen molar-refractivity contribution in [2.75, 3.05) is 5.75 Å². The van der Waals surface area contributed by atoms with Gasteiger partial charge >= 0.3 is 0 Å². The first-order valence-electron chi connectivity index (χ1n) is 2.76. The zero-order valence-electron chi connectivity index (χ0n) is 5.50. The van der Waals surface area contributed by atoms with Gasteiger partial charge in [-0.1, -0.05) is 16.9 Å². The van der Waals surface area contributed by atoms with Gasteiger partial charge in [0.05, 0.1) is 11.8 Å². The van der Waals surface area contributed by atoms with Gasteiger partial charge in [-0.25, -0.2) is 0 Å². The van der Waals surface area contributed by atoms with Gasteiger partial charge in [-0.3, -0.25) is 0 Å². The van der Waals surface area contributed by atoms with E-state index < -0.39 is 0 Å². The van der Waals surface area contributed by atoms with E-state index in [4.69, 9.17) is 9.78 Å². The first-order valence-corrected chi connectivity index (χ1v) is 3.74. The first-order chi connectivity index (χ1) is 4.83. The molecule has 1 heterocycles. The van der Waals surface area contributed by atoms with E-state index in [2.05, 4.69) is 5.16 Å². The van der Waals surface area contributed by atoms with Gasteiger partial charge < -0.3 is 4.52 Å².